The third kappa shape index (κ3) is 3.21. The molecule has 2 N–H and O–H groups in total. The first-order valence-electron chi connectivity index (χ1n) is 7.11. The molecule has 1 amide bonds. The van der Waals surface area contributed by atoms with Crippen molar-refractivity contribution < 1.29 is 9.72 Å². The van der Waals surface area contributed by atoms with Crippen LogP contribution in [-0.4, -0.2) is 23.9 Å². The molecule has 0 spiro atoms. The number of benzene rings is 1. The number of nitrogens with zero attached hydrogens (tertiary/aromatic N) is 1. The van der Waals surface area contributed by atoms with E-state index in [-0.39, 0.29) is 17.0 Å². The van der Waals surface area contributed by atoms with Gasteiger partial charge in [0.2, 0.25) is 5.91 Å². The number of aryl methyl sites for hydroxylation is 2. The fraction of sp³-hybridized carbons (Fsp3) is 0.533. The average molecular weight is 291 g/mol. The summed E-state index contributed by atoms with van der Waals surface area (Å²) in [5.41, 5.74) is 1.61. The Hall–Kier alpha value is -1.95. The van der Waals surface area contributed by atoms with E-state index in [1.807, 2.05) is 6.92 Å². The van der Waals surface area contributed by atoms with Crippen molar-refractivity contribution in [3.63, 3.8) is 0 Å². The highest BCUT2D eigenvalue weighted by Gasteiger charge is 2.34. The third-order valence-corrected chi connectivity index (χ3v) is 4.24. The normalized spacial score (nSPS) is 17.3. The Bertz CT molecular complexity index is 578. The lowest BCUT2D eigenvalue weighted by Crippen LogP contribution is -2.42. The zero-order valence-electron chi connectivity index (χ0n) is 12.7. The second-order valence-electron chi connectivity index (χ2n) is 5.98. The minimum atomic E-state index is -0.401. The Morgan fingerprint density at radius 3 is 2.48 bits per heavy atom. The Labute approximate surface area is 124 Å². The molecule has 1 aromatic carbocycles. The molecule has 1 aromatic rings. The topological polar surface area (TPSA) is 84.3 Å². The minimum Gasteiger partial charge on any atom is -0.325 e. The van der Waals surface area contributed by atoms with Gasteiger partial charge in [0.1, 0.15) is 0 Å². The van der Waals surface area contributed by atoms with Crippen molar-refractivity contribution in [3.8, 4) is 0 Å². The number of carbonyl (C=O) groups excluding carboxylic acids is 1. The van der Waals surface area contributed by atoms with E-state index in [1.54, 1.807) is 19.9 Å². The van der Waals surface area contributed by atoms with Crippen LogP contribution in [0, 0.1) is 29.4 Å². The van der Waals surface area contributed by atoms with Gasteiger partial charge in [-0.3, -0.25) is 14.9 Å². The van der Waals surface area contributed by atoms with E-state index in [0.717, 1.165) is 25.9 Å². The van der Waals surface area contributed by atoms with Gasteiger partial charge in [0.05, 0.1) is 4.92 Å². The van der Waals surface area contributed by atoms with Gasteiger partial charge in [-0.1, -0.05) is 6.92 Å². The summed E-state index contributed by atoms with van der Waals surface area (Å²) in [6, 6.07) is 3.19. The lowest BCUT2D eigenvalue weighted by molar-refractivity contribution is -0.385. The van der Waals surface area contributed by atoms with Gasteiger partial charge in [-0.05, 0) is 51.4 Å². The molecule has 1 aliphatic heterocycles. The van der Waals surface area contributed by atoms with Crippen molar-refractivity contribution in [2.45, 2.75) is 33.6 Å². The average Bonchev–Trinajstić information content (AvgIpc) is 2.43. The Kier molecular flexibility index (Phi) is 4.27. The number of anilines is 1. The molecule has 1 heterocycles. The van der Waals surface area contributed by atoms with Crippen LogP contribution in [-0.2, 0) is 4.79 Å². The van der Waals surface area contributed by atoms with Gasteiger partial charge in [-0.15, -0.1) is 0 Å². The zero-order chi connectivity index (χ0) is 15.6. The Morgan fingerprint density at radius 1 is 1.29 bits per heavy atom. The molecule has 6 heteroatoms. The molecule has 0 bridgehead atoms. The zero-order valence-corrected chi connectivity index (χ0v) is 12.7. The number of nitrogens with one attached hydrogen (secondary N) is 2. The van der Waals surface area contributed by atoms with Gasteiger partial charge in [0.15, 0.2) is 0 Å². The maximum Gasteiger partial charge on any atom is 0.272 e. The van der Waals surface area contributed by atoms with Crippen LogP contribution in [0.3, 0.4) is 0 Å². The van der Waals surface area contributed by atoms with Crippen LogP contribution in [0.5, 0.6) is 0 Å². The number of rotatable bonds is 3. The van der Waals surface area contributed by atoms with Crippen molar-refractivity contribution in [1.82, 2.24) is 5.32 Å². The predicted octanol–water partition coefficient (Wildman–Crippen LogP) is 2.54. The maximum absolute atomic E-state index is 12.5. The number of amides is 1. The van der Waals surface area contributed by atoms with Gasteiger partial charge in [0, 0.05) is 22.7 Å². The minimum absolute atomic E-state index is 0.0136. The van der Waals surface area contributed by atoms with E-state index in [4.69, 9.17) is 0 Å². The highest BCUT2D eigenvalue weighted by atomic mass is 16.6. The molecule has 21 heavy (non-hydrogen) atoms. The first-order chi connectivity index (χ1) is 9.83. The number of piperidine rings is 1. The number of nitro groups is 1. The predicted molar refractivity (Wildman–Crippen MR) is 81.4 cm³/mol. The van der Waals surface area contributed by atoms with Gasteiger partial charge in [-0.2, -0.15) is 0 Å². The molecular formula is C15H21N3O3. The summed E-state index contributed by atoms with van der Waals surface area (Å²) in [7, 11) is 0. The number of nitro benzene ring substituents is 1. The first-order valence-corrected chi connectivity index (χ1v) is 7.11. The molecular weight excluding hydrogens is 270 g/mol. The third-order valence-electron chi connectivity index (χ3n) is 4.24. The summed E-state index contributed by atoms with van der Waals surface area (Å²) in [4.78, 5) is 23.0. The molecule has 0 unspecified atom stereocenters. The van der Waals surface area contributed by atoms with Crippen LogP contribution in [0.1, 0.15) is 30.9 Å². The summed E-state index contributed by atoms with van der Waals surface area (Å²) in [5.74, 6) is -0.0136. The summed E-state index contributed by atoms with van der Waals surface area (Å²) in [6.45, 7) is 7.09. The van der Waals surface area contributed by atoms with E-state index in [2.05, 4.69) is 10.6 Å². The van der Waals surface area contributed by atoms with Gasteiger partial charge in [-0.25, -0.2) is 0 Å². The maximum atomic E-state index is 12.5. The van der Waals surface area contributed by atoms with Crippen molar-refractivity contribution in [1.29, 1.82) is 0 Å². The second-order valence-corrected chi connectivity index (χ2v) is 5.98. The van der Waals surface area contributed by atoms with Gasteiger partial charge < -0.3 is 10.6 Å². The van der Waals surface area contributed by atoms with E-state index in [0.29, 0.717) is 16.8 Å². The van der Waals surface area contributed by atoms with E-state index in [1.165, 1.54) is 6.07 Å². The molecule has 0 aliphatic carbocycles. The lowest BCUT2D eigenvalue weighted by Gasteiger charge is -2.32. The standard InChI is InChI=1S/C15H21N3O3/c1-10-9-13(18(20)21)11(2)8-12(10)17-14(19)15(3)4-6-16-7-5-15/h8-9,16H,4-7H2,1-3H3,(H,17,19). The van der Waals surface area contributed by atoms with Crippen molar-refractivity contribution >= 4 is 17.3 Å². The molecule has 0 aromatic heterocycles. The molecule has 6 nitrogen and oxygen atoms in total. The summed E-state index contributed by atoms with van der Waals surface area (Å²) in [6.07, 6.45) is 1.59. The first kappa shape index (κ1) is 15.4. The van der Waals surface area contributed by atoms with Crippen molar-refractivity contribution in [3.05, 3.63) is 33.4 Å². The van der Waals surface area contributed by atoms with E-state index < -0.39 is 4.92 Å². The highest BCUT2D eigenvalue weighted by molar-refractivity contribution is 5.96. The number of hydrogen-bond donors (Lipinski definition) is 2. The van der Waals surface area contributed by atoms with Gasteiger partial charge in [0.25, 0.3) is 5.69 Å². The fourth-order valence-corrected chi connectivity index (χ4v) is 2.61. The smallest absolute Gasteiger partial charge is 0.272 e. The largest absolute Gasteiger partial charge is 0.325 e. The SMILES string of the molecule is Cc1cc([N+](=O)[O-])c(C)cc1NC(=O)C1(C)CCNCC1. The van der Waals surface area contributed by atoms with Crippen LogP contribution in [0.25, 0.3) is 0 Å². The second kappa shape index (κ2) is 5.81. The van der Waals surface area contributed by atoms with E-state index >= 15 is 0 Å². The van der Waals surface area contributed by atoms with Crippen molar-refractivity contribution in [2.75, 3.05) is 18.4 Å². The molecule has 1 saturated heterocycles. The van der Waals surface area contributed by atoms with E-state index in [9.17, 15) is 14.9 Å². The van der Waals surface area contributed by atoms with Crippen LogP contribution in [0.15, 0.2) is 12.1 Å². The number of hydrogen-bond acceptors (Lipinski definition) is 4. The molecule has 114 valence electrons. The molecule has 0 saturated carbocycles. The van der Waals surface area contributed by atoms with Crippen molar-refractivity contribution in [2.24, 2.45) is 5.41 Å². The quantitative estimate of drug-likeness (QED) is 0.662. The fourth-order valence-electron chi connectivity index (χ4n) is 2.61. The molecule has 1 fully saturated rings. The Morgan fingerprint density at radius 2 is 1.90 bits per heavy atom. The highest BCUT2D eigenvalue weighted by Crippen LogP contribution is 2.31. The lowest BCUT2D eigenvalue weighted by atomic mass is 9.80. The molecule has 2 rings (SSSR count). The van der Waals surface area contributed by atoms with Crippen LogP contribution < -0.4 is 10.6 Å². The summed E-state index contributed by atoms with van der Waals surface area (Å²) >= 11 is 0. The van der Waals surface area contributed by atoms with Gasteiger partial charge >= 0.3 is 0 Å². The monoisotopic (exact) mass is 291 g/mol. The number of carbonyl (C=O) groups is 1. The van der Waals surface area contributed by atoms with Crippen LogP contribution >= 0.6 is 0 Å². The van der Waals surface area contributed by atoms with Crippen LogP contribution in [0.4, 0.5) is 11.4 Å². The molecule has 0 radical (unpaired) electrons. The summed E-state index contributed by atoms with van der Waals surface area (Å²) in [5, 5.41) is 17.1. The Balaban J connectivity index is 2.21. The molecule has 0 atom stereocenters. The van der Waals surface area contributed by atoms with Crippen LogP contribution in [0.2, 0.25) is 0 Å². The summed E-state index contributed by atoms with van der Waals surface area (Å²) < 4.78 is 0. The molecule has 1 aliphatic rings.